The molecule has 0 aliphatic carbocycles. The van der Waals surface area contributed by atoms with Crippen LogP contribution in [-0.2, 0) is 21.4 Å². The predicted octanol–water partition coefficient (Wildman–Crippen LogP) is 3.35. The van der Waals surface area contributed by atoms with Crippen LogP contribution in [0.1, 0.15) is 30.0 Å². The lowest BCUT2D eigenvalue weighted by Crippen LogP contribution is -2.49. The quantitative estimate of drug-likeness (QED) is 0.582. The number of aromatic nitrogens is 2. The number of nitrogens with zero attached hydrogens (tertiary/aromatic N) is 3. The maximum Gasteiger partial charge on any atom is 0.244 e. The Kier molecular flexibility index (Phi) is 6.80. The van der Waals surface area contributed by atoms with E-state index in [4.69, 9.17) is 0 Å². The number of sulfonamides is 1. The standard InChI is InChI=1S/C23H28N4O3S/c1-5-22(27(31(4,29)30)21-9-6-17(2)18(3)14-21)23(28)25-15-19-7-10-20(11-8-19)26-13-12-24-16-26/h6-14,16,22H,5,15H2,1-4H3,(H,25,28). The fourth-order valence-corrected chi connectivity index (χ4v) is 4.63. The average molecular weight is 441 g/mol. The summed E-state index contributed by atoms with van der Waals surface area (Å²) in [6.45, 7) is 6.01. The van der Waals surface area contributed by atoms with Gasteiger partial charge >= 0.3 is 0 Å². The number of nitrogens with one attached hydrogen (secondary N) is 1. The highest BCUT2D eigenvalue weighted by Gasteiger charge is 2.31. The summed E-state index contributed by atoms with van der Waals surface area (Å²) >= 11 is 0. The summed E-state index contributed by atoms with van der Waals surface area (Å²) in [5, 5.41) is 2.89. The molecule has 0 radical (unpaired) electrons. The molecule has 0 saturated carbocycles. The molecule has 1 aromatic heterocycles. The van der Waals surface area contributed by atoms with Gasteiger partial charge in [0.25, 0.3) is 0 Å². The van der Waals surface area contributed by atoms with E-state index in [0.29, 0.717) is 18.7 Å². The van der Waals surface area contributed by atoms with Gasteiger partial charge in [-0.15, -0.1) is 0 Å². The number of anilines is 1. The molecule has 164 valence electrons. The molecule has 3 rings (SSSR count). The second kappa shape index (κ2) is 9.34. The summed E-state index contributed by atoms with van der Waals surface area (Å²) < 4.78 is 28.3. The molecule has 1 unspecified atom stereocenters. The van der Waals surface area contributed by atoms with Crippen molar-refractivity contribution in [2.75, 3.05) is 10.6 Å². The molecule has 0 fully saturated rings. The second-order valence-electron chi connectivity index (χ2n) is 7.61. The van der Waals surface area contributed by atoms with Crippen molar-refractivity contribution in [2.24, 2.45) is 0 Å². The van der Waals surface area contributed by atoms with Crippen molar-refractivity contribution in [3.05, 3.63) is 77.9 Å². The highest BCUT2D eigenvalue weighted by molar-refractivity contribution is 7.92. The Morgan fingerprint density at radius 1 is 1.13 bits per heavy atom. The number of imidazole rings is 1. The third kappa shape index (κ3) is 5.32. The molecule has 0 saturated heterocycles. The first kappa shape index (κ1) is 22.6. The summed E-state index contributed by atoms with van der Waals surface area (Å²) in [5.74, 6) is -0.329. The van der Waals surface area contributed by atoms with Gasteiger partial charge in [0, 0.05) is 24.6 Å². The number of carbonyl (C=O) groups is 1. The van der Waals surface area contributed by atoms with Gasteiger partial charge in [-0.05, 0) is 61.2 Å². The molecule has 1 amide bonds. The van der Waals surface area contributed by atoms with Crippen LogP contribution >= 0.6 is 0 Å². The van der Waals surface area contributed by atoms with Gasteiger partial charge < -0.3 is 9.88 Å². The molecule has 3 aromatic rings. The summed E-state index contributed by atoms with van der Waals surface area (Å²) in [6, 6.07) is 12.3. The molecular formula is C23H28N4O3S. The molecule has 1 heterocycles. The summed E-state index contributed by atoms with van der Waals surface area (Å²) in [5.41, 5.74) is 4.42. The van der Waals surface area contributed by atoms with E-state index in [-0.39, 0.29) is 5.91 Å². The number of hydrogen-bond acceptors (Lipinski definition) is 4. The number of amides is 1. The Labute approximate surface area is 183 Å². The van der Waals surface area contributed by atoms with Crippen LogP contribution < -0.4 is 9.62 Å². The van der Waals surface area contributed by atoms with Gasteiger partial charge in [-0.25, -0.2) is 13.4 Å². The van der Waals surface area contributed by atoms with Crippen molar-refractivity contribution in [1.82, 2.24) is 14.9 Å². The molecule has 1 atom stereocenters. The van der Waals surface area contributed by atoms with Gasteiger partial charge in [-0.2, -0.15) is 0 Å². The van der Waals surface area contributed by atoms with E-state index in [9.17, 15) is 13.2 Å². The Balaban J connectivity index is 1.76. The van der Waals surface area contributed by atoms with Crippen molar-refractivity contribution in [3.8, 4) is 5.69 Å². The summed E-state index contributed by atoms with van der Waals surface area (Å²) in [6.07, 6.45) is 6.77. The van der Waals surface area contributed by atoms with Gasteiger partial charge in [0.2, 0.25) is 15.9 Å². The fourth-order valence-electron chi connectivity index (χ4n) is 3.43. The zero-order valence-corrected chi connectivity index (χ0v) is 19.1. The number of carbonyl (C=O) groups excluding carboxylic acids is 1. The number of hydrogen-bond donors (Lipinski definition) is 1. The lowest BCUT2D eigenvalue weighted by Gasteiger charge is -2.30. The van der Waals surface area contributed by atoms with Crippen molar-refractivity contribution in [3.63, 3.8) is 0 Å². The minimum Gasteiger partial charge on any atom is -0.350 e. The van der Waals surface area contributed by atoms with Gasteiger partial charge in [-0.3, -0.25) is 9.10 Å². The molecule has 0 aliphatic rings. The van der Waals surface area contributed by atoms with Crippen molar-refractivity contribution in [2.45, 2.75) is 39.8 Å². The van der Waals surface area contributed by atoms with Crippen molar-refractivity contribution >= 4 is 21.6 Å². The number of rotatable bonds is 8. The maximum atomic E-state index is 13.0. The summed E-state index contributed by atoms with van der Waals surface area (Å²) in [4.78, 5) is 17.0. The van der Waals surface area contributed by atoms with Gasteiger partial charge in [0.15, 0.2) is 0 Å². The second-order valence-corrected chi connectivity index (χ2v) is 9.47. The molecule has 31 heavy (non-hydrogen) atoms. The highest BCUT2D eigenvalue weighted by atomic mass is 32.2. The van der Waals surface area contributed by atoms with Gasteiger partial charge in [0.1, 0.15) is 6.04 Å². The van der Waals surface area contributed by atoms with Gasteiger partial charge in [0.05, 0.1) is 18.3 Å². The fraction of sp³-hybridized carbons (Fsp3) is 0.304. The smallest absolute Gasteiger partial charge is 0.244 e. The van der Waals surface area contributed by atoms with Crippen LogP contribution in [0.15, 0.2) is 61.2 Å². The zero-order chi connectivity index (χ0) is 22.6. The normalized spacial score (nSPS) is 12.4. The van der Waals surface area contributed by atoms with Crippen molar-refractivity contribution < 1.29 is 13.2 Å². The molecule has 0 spiro atoms. The monoisotopic (exact) mass is 440 g/mol. The van der Waals surface area contributed by atoms with E-state index in [1.165, 1.54) is 4.31 Å². The Morgan fingerprint density at radius 2 is 1.84 bits per heavy atom. The van der Waals surface area contributed by atoms with Crippen LogP contribution in [0.3, 0.4) is 0 Å². The van der Waals surface area contributed by atoms with E-state index in [1.54, 1.807) is 24.7 Å². The van der Waals surface area contributed by atoms with Crippen LogP contribution in [0.5, 0.6) is 0 Å². The first-order chi connectivity index (χ1) is 14.7. The Bertz CT molecular complexity index is 1140. The van der Waals surface area contributed by atoms with E-state index >= 15 is 0 Å². The molecule has 0 aliphatic heterocycles. The molecular weight excluding hydrogens is 412 g/mol. The topological polar surface area (TPSA) is 84.3 Å². The van der Waals surface area contributed by atoms with E-state index in [0.717, 1.165) is 28.6 Å². The van der Waals surface area contributed by atoms with E-state index < -0.39 is 16.1 Å². The molecule has 2 aromatic carbocycles. The molecule has 0 bridgehead atoms. The predicted molar refractivity (Wildman–Crippen MR) is 123 cm³/mol. The van der Waals surface area contributed by atoms with Crippen LogP contribution in [0.2, 0.25) is 0 Å². The average Bonchev–Trinajstić information content (AvgIpc) is 3.27. The first-order valence-electron chi connectivity index (χ1n) is 10.1. The molecule has 1 N–H and O–H groups in total. The first-order valence-corrected chi connectivity index (χ1v) is 12.0. The highest BCUT2D eigenvalue weighted by Crippen LogP contribution is 2.25. The third-order valence-electron chi connectivity index (χ3n) is 5.28. The van der Waals surface area contributed by atoms with Crippen LogP contribution in [0.4, 0.5) is 5.69 Å². The number of benzene rings is 2. The SMILES string of the molecule is CCC(C(=O)NCc1ccc(-n2ccnc2)cc1)N(c1ccc(C)c(C)c1)S(C)(=O)=O. The van der Waals surface area contributed by atoms with Crippen molar-refractivity contribution in [1.29, 1.82) is 0 Å². The lowest BCUT2D eigenvalue weighted by molar-refractivity contribution is -0.122. The van der Waals surface area contributed by atoms with E-state index in [2.05, 4.69) is 10.3 Å². The largest absolute Gasteiger partial charge is 0.350 e. The summed E-state index contributed by atoms with van der Waals surface area (Å²) in [7, 11) is -3.65. The van der Waals surface area contributed by atoms with Gasteiger partial charge in [-0.1, -0.05) is 25.1 Å². The third-order valence-corrected chi connectivity index (χ3v) is 6.46. The van der Waals surface area contributed by atoms with E-state index in [1.807, 2.05) is 61.9 Å². The van der Waals surface area contributed by atoms with Crippen LogP contribution in [0, 0.1) is 13.8 Å². The van der Waals surface area contributed by atoms with Crippen LogP contribution in [0.25, 0.3) is 5.69 Å². The maximum absolute atomic E-state index is 13.0. The minimum atomic E-state index is -3.65. The number of aryl methyl sites for hydroxylation is 2. The Morgan fingerprint density at radius 3 is 2.39 bits per heavy atom. The molecule has 8 heteroatoms. The zero-order valence-electron chi connectivity index (χ0n) is 18.2. The minimum absolute atomic E-state index is 0.310. The lowest BCUT2D eigenvalue weighted by atomic mass is 10.1. The van der Waals surface area contributed by atoms with Crippen LogP contribution in [-0.4, -0.2) is 36.2 Å². The molecule has 7 nitrogen and oxygen atoms in total. The Hall–Kier alpha value is -3.13.